The van der Waals surface area contributed by atoms with Gasteiger partial charge >= 0.3 is 0 Å². The quantitative estimate of drug-likeness (QED) is 0.454. The summed E-state index contributed by atoms with van der Waals surface area (Å²) in [5.74, 6) is 0.417. The molecule has 33 heavy (non-hydrogen) atoms. The van der Waals surface area contributed by atoms with E-state index in [4.69, 9.17) is 26.3 Å². The van der Waals surface area contributed by atoms with E-state index in [1.807, 2.05) is 13.0 Å². The van der Waals surface area contributed by atoms with Gasteiger partial charge in [-0.15, -0.1) is 0 Å². The second-order valence-corrected chi connectivity index (χ2v) is 8.72. The SMILES string of the molecule is CCOc1ccc(NS(=O)(=O)c2ccc(Cl)c(C(=O)Nc3cccc(OCC#N)c3)c2)cc1. The molecule has 10 heteroatoms. The molecule has 0 radical (unpaired) electrons. The van der Waals surface area contributed by atoms with Crippen molar-refractivity contribution < 1.29 is 22.7 Å². The van der Waals surface area contributed by atoms with Crippen molar-refractivity contribution in [3.63, 3.8) is 0 Å². The Bertz CT molecular complexity index is 1290. The Kier molecular flexibility index (Phi) is 7.77. The van der Waals surface area contributed by atoms with Crippen LogP contribution < -0.4 is 19.5 Å². The average Bonchev–Trinajstić information content (AvgIpc) is 2.79. The Balaban J connectivity index is 1.79. The van der Waals surface area contributed by atoms with Gasteiger partial charge in [0.1, 0.15) is 17.6 Å². The minimum Gasteiger partial charge on any atom is -0.494 e. The van der Waals surface area contributed by atoms with Gasteiger partial charge in [0, 0.05) is 17.4 Å². The third kappa shape index (κ3) is 6.38. The number of hydrogen-bond donors (Lipinski definition) is 2. The molecule has 0 atom stereocenters. The molecule has 0 spiro atoms. The number of halogens is 1. The Morgan fingerprint density at radius 1 is 1.00 bits per heavy atom. The van der Waals surface area contributed by atoms with E-state index in [1.165, 1.54) is 24.3 Å². The van der Waals surface area contributed by atoms with E-state index in [9.17, 15) is 13.2 Å². The van der Waals surface area contributed by atoms with Gasteiger partial charge in [-0.05, 0) is 61.5 Å². The molecule has 0 aliphatic rings. The number of amides is 1. The highest BCUT2D eigenvalue weighted by atomic mass is 35.5. The molecule has 1 amide bonds. The molecule has 0 fully saturated rings. The molecule has 170 valence electrons. The summed E-state index contributed by atoms with van der Waals surface area (Å²) in [4.78, 5) is 12.7. The van der Waals surface area contributed by atoms with E-state index in [2.05, 4.69) is 10.0 Å². The van der Waals surface area contributed by atoms with Gasteiger partial charge in [-0.25, -0.2) is 8.42 Å². The van der Waals surface area contributed by atoms with Gasteiger partial charge in [0.2, 0.25) is 0 Å². The van der Waals surface area contributed by atoms with E-state index < -0.39 is 15.9 Å². The second-order valence-electron chi connectivity index (χ2n) is 6.63. The number of nitrogens with one attached hydrogen (secondary N) is 2. The first-order chi connectivity index (χ1) is 15.8. The number of carbonyl (C=O) groups excluding carboxylic acids is 1. The van der Waals surface area contributed by atoms with Gasteiger partial charge < -0.3 is 14.8 Å². The molecule has 0 unspecified atom stereocenters. The van der Waals surface area contributed by atoms with Crippen molar-refractivity contribution in [2.75, 3.05) is 23.3 Å². The molecule has 0 saturated carbocycles. The van der Waals surface area contributed by atoms with Crippen LogP contribution in [0.15, 0.2) is 71.6 Å². The zero-order valence-corrected chi connectivity index (χ0v) is 19.1. The molecular formula is C23H20ClN3O5S. The molecule has 0 saturated heterocycles. The first kappa shape index (κ1) is 23.9. The van der Waals surface area contributed by atoms with Crippen LogP contribution in [0.1, 0.15) is 17.3 Å². The molecule has 0 heterocycles. The van der Waals surface area contributed by atoms with Crippen molar-refractivity contribution in [1.82, 2.24) is 0 Å². The van der Waals surface area contributed by atoms with Crippen LogP contribution in [-0.2, 0) is 10.0 Å². The average molecular weight is 486 g/mol. The summed E-state index contributed by atoms with van der Waals surface area (Å²) in [5, 5.41) is 11.4. The van der Waals surface area contributed by atoms with Crippen molar-refractivity contribution in [3.8, 4) is 17.6 Å². The van der Waals surface area contributed by atoms with Crippen molar-refractivity contribution in [1.29, 1.82) is 5.26 Å². The fraction of sp³-hybridized carbons (Fsp3) is 0.130. The lowest BCUT2D eigenvalue weighted by Crippen LogP contribution is -2.16. The molecule has 8 nitrogen and oxygen atoms in total. The number of benzene rings is 3. The number of nitriles is 1. The number of nitrogens with zero attached hydrogens (tertiary/aromatic N) is 1. The van der Waals surface area contributed by atoms with Crippen LogP contribution >= 0.6 is 11.6 Å². The van der Waals surface area contributed by atoms with Crippen LogP contribution in [0.4, 0.5) is 11.4 Å². The summed E-state index contributed by atoms with van der Waals surface area (Å²) >= 11 is 6.16. The van der Waals surface area contributed by atoms with Gasteiger partial charge in [-0.1, -0.05) is 17.7 Å². The highest BCUT2D eigenvalue weighted by Gasteiger charge is 2.19. The van der Waals surface area contributed by atoms with Crippen molar-refractivity contribution in [3.05, 3.63) is 77.3 Å². The molecule has 0 bridgehead atoms. The Labute approximate surface area is 196 Å². The lowest BCUT2D eigenvalue weighted by atomic mass is 10.2. The standard InChI is InChI=1S/C23H20ClN3O5S/c1-2-31-18-8-6-16(7-9-18)27-33(29,30)20-10-11-22(24)21(15-20)23(28)26-17-4-3-5-19(14-17)32-13-12-25/h3-11,14-15,27H,2,13H2,1H3,(H,26,28). The van der Waals surface area contributed by atoms with Crippen molar-refractivity contribution in [2.45, 2.75) is 11.8 Å². The van der Waals surface area contributed by atoms with E-state index in [-0.39, 0.29) is 22.1 Å². The fourth-order valence-corrected chi connectivity index (χ4v) is 4.11. The molecular weight excluding hydrogens is 466 g/mol. The van der Waals surface area contributed by atoms with E-state index in [1.54, 1.807) is 42.5 Å². The van der Waals surface area contributed by atoms with E-state index >= 15 is 0 Å². The van der Waals surface area contributed by atoms with Crippen molar-refractivity contribution >= 4 is 38.9 Å². The molecule has 3 aromatic carbocycles. The molecule has 3 aromatic rings. The van der Waals surface area contributed by atoms with Crippen LogP contribution in [0.2, 0.25) is 5.02 Å². The summed E-state index contributed by atoms with van der Waals surface area (Å²) in [6, 6.07) is 18.6. The largest absolute Gasteiger partial charge is 0.494 e. The maximum atomic E-state index is 12.8. The zero-order valence-electron chi connectivity index (χ0n) is 17.5. The number of hydrogen-bond acceptors (Lipinski definition) is 6. The molecule has 0 aromatic heterocycles. The van der Waals surface area contributed by atoms with Crippen LogP contribution in [0.3, 0.4) is 0 Å². The van der Waals surface area contributed by atoms with Gasteiger partial charge in [0.05, 0.1) is 22.1 Å². The highest BCUT2D eigenvalue weighted by Crippen LogP contribution is 2.25. The maximum Gasteiger partial charge on any atom is 0.261 e. The summed E-state index contributed by atoms with van der Waals surface area (Å²) in [6.45, 7) is 2.21. The van der Waals surface area contributed by atoms with Gasteiger partial charge in [0.15, 0.2) is 6.61 Å². The monoisotopic (exact) mass is 485 g/mol. The molecule has 0 aliphatic carbocycles. The van der Waals surface area contributed by atoms with E-state index in [0.29, 0.717) is 29.5 Å². The first-order valence-corrected chi connectivity index (χ1v) is 11.6. The number of carbonyl (C=O) groups is 1. The summed E-state index contributed by atoms with van der Waals surface area (Å²) in [7, 11) is -3.98. The molecule has 0 aliphatic heterocycles. The van der Waals surface area contributed by atoms with Crippen molar-refractivity contribution in [2.24, 2.45) is 0 Å². The Morgan fingerprint density at radius 2 is 1.76 bits per heavy atom. The lowest BCUT2D eigenvalue weighted by Gasteiger charge is -2.12. The first-order valence-electron chi connectivity index (χ1n) is 9.79. The fourth-order valence-electron chi connectivity index (χ4n) is 2.82. The molecule has 2 N–H and O–H groups in total. The topological polar surface area (TPSA) is 118 Å². The van der Waals surface area contributed by atoms with Crippen LogP contribution in [-0.4, -0.2) is 27.5 Å². The molecule has 3 rings (SSSR count). The predicted molar refractivity (Wildman–Crippen MR) is 125 cm³/mol. The second kappa shape index (κ2) is 10.7. The van der Waals surface area contributed by atoms with Gasteiger partial charge in [-0.3, -0.25) is 9.52 Å². The summed E-state index contributed by atoms with van der Waals surface area (Å²) in [6.07, 6.45) is 0. The number of ether oxygens (including phenoxy) is 2. The minimum absolute atomic E-state index is 0.0189. The van der Waals surface area contributed by atoms with Gasteiger partial charge in [0.25, 0.3) is 15.9 Å². The number of rotatable bonds is 9. The minimum atomic E-state index is -3.98. The summed E-state index contributed by atoms with van der Waals surface area (Å²) < 4.78 is 38.7. The van der Waals surface area contributed by atoms with Crippen LogP contribution in [0, 0.1) is 11.3 Å². The smallest absolute Gasteiger partial charge is 0.261 e. The highest BCUT2D eigenvalue weighted by molar-refractivity contribution is 7.92. The zero-order chi connectivity index (χ0) is 23.8. The third-order valence-electron chi connectivity index (χ3n) is 4.31. The normalized spacial score (nSPS) is 10.7. The predicted octanol–water partition coefficient (Wildman–Crippen LogP) is 4.69. The van der Waals surface area contributed by atoms with Crippen LogP contribution in [0.5, 0.6) is 11.5 Å². The third-order valence-corrected chi connectivity index (χ3v) is 6.01. The number of sulfonamides is 1. The van der Waals surface area contributed by atoms with E-state index in [0.717, 1.165) is 0 Å². The Hall–Kier alpha value is -3.74. The summed E-state index contributed by atoms with van der Waals surface area (Å²) in [5.41, 5.74) is 0.718. The number of anilines is 2. The maximum absolute atomic E-state index is 12.8. The van der Waals surface area contributed by atoms with Gasteiger partial charge in [-0.2, -0.15) is 5.26 Å². The van der Waals surface area contributed by atoms with Crippen LogP contribution in [0.25, 0.3) is 0 Å². The Morgan fingerprint density at radius 3 is 2.45 bits per heavy atom. The lowest BCUT2D eigenvalue weighted by molar-refractivity contribution is 0.102.